The average molecular weight is 655 g/mol. The van der Waals surface area contributed by atoms with E-state index < -0.39 is 17.9 Å². The molecule has 48 heavy (non-hydrogen) atoms. The summed E-state index contributed by atoms with van der Waals surface area (Å²) in [7, 11) is 3.75. The fourth-order valence-electron chi connectivity index (χ4n) is 4.88. The smallest absolute Gasteiger partial charge is 0.343 e. The van der Waals surface area contributed by atoms with E-state index in [1.54, 1.807) is 36.4 Å². The van der Waals surface area contributed by atoms with Crippen LogP contribution in [0, 0.1) is 0 Å². The Morgan fingerprint density at radius 3 is 1.40 bits per heavy atom. The molecule has 0 radical (unpaired) electrons. The summed E-state index contributed by atoms with van der Waals surface area (Å²) >= 11 is 0. The van der Waals surface area contributed by atoms with E-state index in [1.807, 2.05) is 42.5 Å². The highest BCUT2D eigenvalue weighted by Crippen LogP contribution is 2.35. The fourth-order valence-corrected chi connectivity index (χ4v) is 4.88. The molecule has 11 heteroatoms. The van der Waals surface area contributed by atoms with Gasteiger partial charge in [0.15, 0.2) is 32.4 Å². The van der Waals surface area contributed by atoms with Gasteiger partial charge in [0.1, 0.15) is 17.2 Å². The summed E-state index contributed by atoms with van der Waals surface area (Å²) in [5, 5.41) is 0. The monoisotopic (exact) mass is 654 g/mol. The van der Waals surface area contributed by atoms with Crippen molar-refractivity contribution in [2.45, 2.75) is 12.8 Å². The number of rotatable bonds is 16. The van der Waals surface area contributed by atoms with Crippen molar-refractivity contribution in [2.24, 2.45) is 0 Å². The van der Waals surface area contributed by atoms with Gasteiger partial charge in [-0.15, -0.1) is 0 Å². The number of carbonyl (C=O) groups is 5. The third-order valence-corrected chi connectivity index (χ3v) is 7.25. The van der Waals surface area contributed by atoms with Gasteiger partial charge >= 0.3 is 17.9 Å². The number of benzene rings is 4. The lowest BCUT2D eigenvalue weighted by Gasteiger charge is -2.19. The third kappa shape index (κ3) is 9.29. The number of carbonyl (C=O) groups excluding carboxylic acids is 5. The Bertz CT molecular complexity index is 1680. The van der Waals surface area contributed by atoms with Crippen molar-refractivity contribution in [1.29, 1.82) is 0 Å². The van der Waals surface area contributed by atoms with E-state index in [4.69, 9.17) is 18.9 Å². The minimum atomic E-state index is -0.586. The van der Waals surface area contributed by atoms with Crippen LogP contribution in [0.15, 0.2) is 78.9 Å². The Hall–Kier alpha value is -5.97. The molecule has 0 aliphatic heterocycles. The van der Waals surface area contributed by atoms with Gasteiger partial charge in [0.25, 0.3) is 0 Å². The van der Waals surface area contributed by atoms with Crippen molar-refractivity contribution in [1.82, 2.24) is 0 Å². The minimum absolute atomic E-state index is 0.227. The molecule has 0 saturated carbocycles. The number of methoxy groups -OCH3 is 3. The van der Waals surface area contributed by atoms with Crippen molar-refractivity contribution >= 4 is 30.5 Å². The second-order valence-electron chi connectivity index (χ2n) is 10.4. The van der Waals surface area contributed by atoms with Crippen LogP contribution in [0.1, 0.15) is 43.0 Å². The Kier molecular flexibility index (Phi) is 12.4. The van der Waals surface area contributed by atoms with E-state index >= 15 is 0 Å². The molecule has 0 bridgehead atoms. The van der Waals surface area contributed by atoms with Crippen LogP contribution < -0.4 is 14.2 Å². The van der Waals surface area contributed by atoms with E-state index in [1.165, 1.54) is 21.3 Å². The Labute approximate surface area is 277 Å². The number of aldehydes is 2. The van der Waals surface area contributed by atoms with E-state index in [9.17, 15) is 24.0 Å². The molecule has 0 saturated heterocycles. The molecular weight excluding hydrogens is 620 g/mol. The van der Waals surface area contributed by atoms with E-state index in [2.05, 4.69) is 9.47 Å². The highest BCUT2D eigenvalue weighted by atomic mass is 16.6. The summed E-state index contributed by atoms with van der Waals surface area (Å²) in [6.07, 6.45) is 1.87. The van der Waals surface area contributed by atoms with E-state index in [-0.39, 0.29) is 42.4 Å². The third-order valence-electron chi connectivity index (χ3n) is 7.25. The molecule has 0 aliphatic rings. The topological polar surface area (TPSA) is 141 Å². The van der Waals surface area contributed by atoms with Gasteiger partial charge < -0.3 is 28.4 Å². The minimum Gasteiger partial charge on any atom is -0.481 e. The summed E-state index contributed by atoms with van der Waals surface area (Å²) in [6, 6.07) is 23.6. The van der Waals surface area contributed by atoms with Gasteiger partial charge in [0.05, 0.1) is 32.5 Å². The van der Waals surface area contributed by atoms with Crippen molar-refractivity contribution in [2.75, 3.05) is 41.2 Å². The molecule has 248 valence electrons. The molecule has 0 amide bonds. The highest BCUT2D eigenvalue weighted by molar-refractivity contribution is 5.81. The number of ether oxygens (including phenoxy) is 6. The van der Waals surface area contributed by atoms with Crippen LogP contribution in [0.5, 0.6) is 17.2 Å². The lowest BCUT2D eigenvalue weighted by molar-refractivity contribution is -0.143. The summed E-state index contributed by atoms with van der Waals surface area (Å²) < 4.78 is 31.1. The number of esters is 3. The van der Waals surface area contributed by atoms with Crippen molar-refractivity contribution in [3.05, 3.63) is 112 Å². The summed E-state index contributed by atoms with van der Waals surface area (Å²) in [5.41, 5.74) is 5.17. The second-order valence-corrected chi connectivity index (χ2v) is 10.4. The quantitative estimate of drug-likeness (QED) is 0.0933. The predicted octanol–water partition coefficient (Wildman–Crippen LogP) is 4.82. The SMILES string of the molecule is COC(=O)COc1ccc(Cc2cc(-c3ccccc3)cc(Cc3ccc(OCC(=O)OC)c(C=O)c3)c2OCC(=O)OC)cc1C=O. The van der Waals surface area contributed by atoms with E-state index in [0.29, 0.717) is 42.3 Å². The van der Waals surface area contributed by atoms with E-state index in [0.717, 1.165) is 22.3 Å². The molecule has 4 rings (SSSR count). The molecule has 0 N–H and O–H groups in total. The van der Waals surface area contributed by atoms with Gasteiger partial charge in [-0.25, -0.2) is 14.4 Å². The van der Waals surface area contributed by atoms with Crippen LogP contribution in [0.2, 0.25) is 0 Å². The summed E-state index contributed by atoms with van der Waals surface area (Å²) in [5.74, 6) is -0.869. The normalized spacial score (nSPS) is 10.4. The average Bonchev–Trinajstić information content (AvgIpc) is 3.12. The van der Waals surface area contributed by atoms with Crippen LogP contribution in [0.3, 0.4) is 0 Å². The van der Waals surface area contributed by atoms with Gasteiger partial charge in [-0.05, 0) is 69.8 Å². The zero-order valence-electron chi connectivity index (χ0n) is 26.7. The molecular formula is C37H34O11. The number of hydrogen-bond donors (Lipinski definition) is 0. The van der Waals surface area contributed by atoms with Crippen LogP contribution in [0.25, 0.3) is 11.1 Å². The van der Waals surface area contributed by atoms with Crippen LogP contribution in [0.4, 0.5) is 0 Å². The zero-order valence-corrected chi connectivity index (χ0v) is 26.7. The Morgan fingerprint density at radius 1 is 0.542 bits per heavy atom. The lowest BCUT2D eigenvalue weighted by Crippen LogP contribution is -2.15. The second kappa shape index (κ2) is 17.1. The molecule has 0 fully saturated rings. The standard InChI is InChI=1S/C37H34O11/c1-43-34(40)21-46-32-11-9-24(15-30(32)19-38)13-28-17-27(26-7-5-4-6-8-26)18-29(37(28)48-23-36(42)45-3)14-25-10-12-33(31(16-25)20-39)47-22-35(41)44-2/h4-12,15-20H,13-14,21-23H2,1-3H3. The molecule has 0 unspecified atom stereocenters. The first kappa shape index (κ1) is 34.9. The first-order valence-corrected chi connectivity index (χ1v) is 14.7. The predicted molar refractivity (Wildman–Crippen MR) is 174 cm³/mol. The number of hydrogen-bond acceptors (Lipinski definition) is 11. The molecule has 0 heterocycles. The molecule has 4 aromatic rings. The molecule has 4 aromatic carbocycles. The van der Waals surface area contributed by atoms with Crippen LogP contribution >= 0.6 is 0 Å². The molecule has 0 aliphatic carbocycles. The van der Waals surface area contributed by atoms with Crippen LogP contribution in [-0.4, -0.2) is 71.6 Å². The largest absolute Gasteiger partial charge is 0.481 e. The van der Waals surface area contributed by atoms with Gasteiger partial charge in [-0.1, -0.05) is 42.5 Å². The van der Waals surface area contributed by atoms with Crippen molar-refractivity contribution < 1.29 is 52.4 Å². The molecule has 0 aromatic heterocycles. The summed E-state index contributed by atoms with van der Waals surface area (Å²) in [4.78, 5) is 59.2. The molecule has 11 nitrogen and oxygen atoms in total. The van der Waals surface area contributed by atoms with Crippen molar-refractivity contribution in [3.8, 4) is 28.4 Å². The van der Waals surface area contributed by atoms with Gasteiger partial charge in [-0.2, -0.15) is 0 Å². The Balaban J connectivity index is 1.79. The molecule has 0 atom stereocenters. The Morgan fingerprint density at radius 2 is 0.979 bits per heavy atom. The van der Waals surface area contributed by atoms with Gasteiger partial charge in [0.2, 0.25) is 0 Å². The molecule has 0 spiro atoms. The first-order valence-electron chi connectivity index (χ1n) is 14.7. The van der Waals surface area contributed by atoms with Crippen LogP contribution in [-0.2, 0) is 41.4 Å². The van der Waals surface area contributed by atoms with Crippen molar-refractivity contribution in [3.63, 3.8) is 0 Å². The lowest BCUT2D eigenvalue weighted by atomic mass is 9.91. The van der Waals surface area contributed by atoms with Gasteiger partial charge in [-0.3, -0.25) is 9.59 Å². The first-order chi connectivity index (χ1) is 23.3. The maximum atomic E-state index is 12.2. The highest BCUT2D eigenvalue weighted by Gasteiger charge is 2.19. The maximum absolute atomic E-state index is 12.2. The summed E-state index contributed by atoms with van der Waals surface area (Å²) in [6.45, 7) is -1.06. The maximum Gasteiger partial charge on any atom is 0.343 e. The fraction of sp³-hybridized carbons (Fsp3) is 0.216. The zero-order chi connectivity index (χ0) is 34.5. The van der Waals surface area contributed by atoms with Gasteiger partial charge in [0, 0.05) is 12.8 Å².